The molecule has 24 heavy (non-hydrogen) atoms. The number of aliphatic hydroxyl groups is 1. The van der Waals surface area contributed by atoms with Gasteiger partial charge in [0.1, 0.15) is 11.4 Å². The maximum atomic E-state index is 14.3. The van der Waals surface area contributed by atoms with E-state index >= 15 is 0 Å². The summed E-state index contributed by atoms with van der Waals surface area (Å²) in [6.45, 7) is 3.63. The Morgan fingerprint density at radius 2 is 2.04 bits per heavy atom. The summed E-state index contributed by atoms with van der Waals surface area (Å²) in [5, 5.41) is 12.3. The predicted octanol–water partition coefficient (Wildman–Crippen LogP) is 2.93. The molecule has 0 saturated heterocycles. The van der Waals surface area contributed by atoms with E-state index in [0.29, 0.717) is 17.8 Å². The molecule has 1 heterocycles. The van der Waals surface area contributed by atoms with Crippen molar-refractivity contribution >= 4 is 16.9 Å². The summed E-state index contributed by atoms with van der Waals surface area (Å²) in [4.78, 5) is 19.6. The average Bonchev–Trinajstić information content (AvgIpc) is 2.92. The van der Waals surface area contributed by atoms with E-state index in [1.807, 2.05) is 32.0 Å². The molecule has 1 unspecified atom stereocenters. The number of halogens is 2. The molecule has 1 atom stereocenters. The van der Waals surface area contributed by atoms with Gasteiger partial charge in [-0.25, -0.2) is 4.98 Å². The van der Waals surface area contributed by atoms with Gasteiger partial charge in [-0.05, 0) is 37.3 Å². The number of rotatable bonds is 5. The molecule has 5 nitrogen and oxygen atoms in total. The molecule has 0 spiro atoms. The Kier molecular flexibility index (Phi) is 4.07. The van der Waals surface area contributed by atoms with Crippen LogP contribution >= 0.6 is 0 Å². The van der Waals surface area contributed by atoms with Gasteiger partial charge in [0, 0.05) is 0 Å². The Morgan fingerprint density at radius 1 is 1.38 bits per heavy atom. The maximum absolute atomic E-state index is 14.3. The van der Waals surface area contributed by atoms with Gasteiger partial charge in [-0.2, -0.15) is 8.78 Å². The minimum atomic E-state index is -3.82. The number of benzene rings is 1. The van der Waals surface area contributed by atoms with Gasteiger partial charge in [-0.15, -0.1) is 0 Å². The van der Waals surface area contributed by atoms with Gasteiger partial charge >= 0.3 is 5.92 Å². The molecule has 1 saturated carbocycles. The summed E-state index contributed by atoms with van der Waals surface area (Å²) in [5.41, 5.74) is -0.750. The van der Waals surface area contributed by atoms with Crippen LogP contribution in [0.5, 0.6) is 0 Å². The highest BCUT2D eigenvalue weighted by Gasteiger charge is 2.61. The average molecular weight is 337 g/mol. The van der Waals surface area contributed by atoms with E-state index in [-0.39, 0.29) is 18.8 Å². The van der Waals surface area contributed by atoms with Gasteiger partial charge in [0.2, 0.25) is 0 Å². The number of nitrogens with one attached hydrogen (secondary N) is 2. The second-order valence-corrected chi connectivity index (χ2v) is 6.79. The lowest BCUT2D eigenvalue weighted by Gasteiger charge is -2.42. The number of hydrogen-bond donors (Lipinski definition) is 3. The van der Waals surface area contributed by atoms with Crippen LogP contribution in [-0.2, 0) is 4.79 Å². The van der Waals surface area contributed by atoms with E-state index in [2.05, 4.69) is 15.3 Å². The summed E-state index contributed by atoms with van der Waals surface area (Å²) in [6, 6.07) is 6.61. The highest BCUT2D eigenvalue weighted by atomic mass is 19.3. The molecule has 1 fully saturated rings. The largest absolute Gasteiger partial charge is 0.383 e. The number of imidazole rings is 1. The number of fused-ring (bicyclic) bond motifs is 1. The quantitative estimate of drug-likeness (QED) is 0.785. The summed E-state index contributed by atoms with van der Waals surface area (Å²) in [6.07, 6.45) is 0.366. The molecular weight excluding hydrogens is 316 g/mol. The van der Waals surface area contributed by atoms with Crippen LogP contribution in [0, 0.1) is 5.92 Å². The Morgan fingerprint density at radius 3 is 2.58 bits per heavy atom. The number of aromatic nitrogens is 2. The highest BCUT2D eigenvalue weighted by Crippen LogP contribution is 2.44. The van der Waals surface area contributed by atoms with E-state index in [1.165, 1.54) is 0 Å². The molecule has 7 heteroatoms. The Balaban J connectivity index is 1.85. The standard InChI is InChI=1S/C17H21F2N3O2/c1-10(2)13(14-20-11-6-3-4-7-12(11)21-14)22-15(23)17(18,19)16(24)8-5-9-16/h3-4,6-7,10,13,24H,5,8-9H2,1-2H3,(H,20,21)(H,22,23). The van der Waals surface area contributed by atoms with Gasteiger partial charge in [0.05, 0.1) is 17.1 Å². The predicted molar refractivity (Wildman–Crippen MR) is 85.6 cm³/mol. The van der Waals surface area contributed by atoms with Crippen molar-refractivity contribution in [1.82, 2.24) is 15.3 Å². The number of alkyl halides is 2. The van der Waals surface area contributed by atoms with Crippen molar-refractivity contribution in [3.05, 3.63) is 30.1 Å². The molecule has 1 aliphatic carbocycles. The van der Waals surface area contributed by atoms with Gasteiger partial charge in [-0.3, -0.25) is 4.79 Å². The SMILES string of the molecule is CC(C)C(NC(=O)C(F)(F)C1(O)CCC1)c1nc2ccccc2[nH]1. The first-order valence-corrected chi connectivity index (χ1v) is 8.10. The van der Waals surface area contributed by atoms with Crippen LogP contribution in [-0.4, -0.2) is 32.5 Å². The number of aromatic amines is 1. The lowest BCUT2D eigenvalue weighted by atomic mass is 9.75. The summed E-state index contributed by atoms with van der Waals surface area (Å²) in [5.74, 6) is -4.99. The number of H-pyrrole nitrogens is 1. The van der Waals surface area contributed by atoms with Crippen LogP contribution in [0.25, 0.3) is 11.0 Å². The third-order valence-corrected chi connectivity index (χ3v) is 4.71. The molecule has 3 N–H and O–H groups in total. The van der Waals surface area contributed by atoms with Gasteiger partial charge in [-0.1, -0.05) is 26.0 Å². The highest BCUT2D eigenvalue weighted by molar-refractivity contribution is 5.85. The second kappa shape index (κ2) is 5.81. The molecule has 0 radical (unpaired) electrons. The fourth-order valence-electron chi connectivity index (χ4n) is 2.94. The Labute approximate surface area is 138 Å². The van der Waals surface area contributed by atoms with Crippen molar-refractivity contribution in [3.63, 3.8) is 0 Å². The molecule has 3 rings (SSSR count). The second-order valence-electron chi connectivity index (χ2n) is 6.79. The first-order chi connectivity index (χ1) is 11.2. The minimum Gasteiger partial charge on any atom is -0.383 e. The third-order valence-electron chi connectivity index (χ3n) is 4.71. The van der Waals surface area contributed by atoms with Crippen LogP contribution in [0.2, 0.25) is 0 Å². The monoisotopic (exact) mass is 337 g/mol. The Bertz CT molecular complexity index is 720. The van der Waals surface area contributed by atoms with Crippen molar-refractivity contribution in [2.75, 3.05) is 0 Å². The zero-order chi connectivity index (χ0) is 17.5. The zero-order valence-electron chi connectivity index (χ0n) is 13.6. The molecule has 0 bridgehead atoms. The topological polar surface area (TPSA) is 78.0 Å². The number of hydrogen-bond acceptors (Lipinski definition) is 3. The fourth-order valence-corrected chi connectivity index (χ4v) is 2.94. The number of amides is 1. The van der Waals surface area contributed by atoms with Crippen LogP contribution in [0.1, 0.15) is 45.0 Å². The van der Waals surface area contributed by atoms with E-state index in [9.17, 15) is 18.7 Å². The molecular formula is C17H21F2N3O2. The molecule has 0 aliphatic heterocycles. The minimum absolute atomic E-state index is 0.0651. The number of para-hydroxylation sites is 2. The van der Waals surface area contributed by atoms with Crippen molar-refractivity contribution in [3.8, 4) is 0 Å². The van der Waals surface area contributed by atoms with E-state index in [0.717, 1.165) is 5.52 Å². The lowest BCUT2D eigenvalue weighted by molar-refractivity contribution is -0.216. The first kappa shape index (κ1) is 16.8. The lowest BCUT2D eigenvalue weighted by Crippen LogP contribution is -2.61. The molecule has 1 aromatic carbocycles. The smallest absolute Gasteiger partial charge is 0.352 e. The maximum Gasteiger partial charge on any atom is 0.352 e. The van der Waals surface area contributed by atoms with Crippen molar-refractivity contribution in [2.24, 2.45) is 5.92 Å². The molecule has 2 aromatic rings. The Hall–Kier alpha value is -2.02. The molecule has 1 aliphatic rings. The fraction of sp³-hybridized carbons (Fsp3) is 0.529. The third kappa shape index (κ3) is 2.66. The first-order valence-electron chi connectivity index (χ1n) is 8.10. The summed E-state index contributed by atoms with van der Waals surface area (Å²) >= 11 is 0. The van der Waals surface area contributed by atoms with Gasteiger partial charge in [0.15, 0.2) is 0 Å². The van der Waals surface area contributed by atoms with Gasteiger partial charge < -0.3 is 15.4 Å². The van der Waals surface area contributed by atoms with Crippen LogP contribution < -0.4 is 5.32 Å². The van der Waals surface area contributed by atoms with Gasteiger partial charge in [0.25, 0.3) is 5.91 Å². The van der Waals surface area contributed by atoms with E-state index < -0.39 is 23.5 Å². The van der Waals surface area contributed by atoms with E-state index in [4.69, 9.17) is 0 Å². The van der Waals surface area contributed by atoms with Crippen LogP contribution in [0.4, 0.5) is 8.78 Å². The van der Waals surface area contributed by atoms with Crippen molar-refractivity contribution in [1.29, 1.82) is 0 Å². The van der Waals surface area contributed by atoms with Crippen LogP contribution in [0.15, 0.2) is 24.3 Å². The normalized spacial score (nSPS) is 18.4. The van der Waals surface area contributed by atoms with Crippen LogP contribution in [0.3, 0.4) is 0 Å². The van der Waals surface area contributed by atoms with Crippen molar-refractivity contribution in [2.45, 2.75) is 50.7 Å². The summed E-state index contributed by atoms with van der Waals surface area (Å²) in [7, 11) is 0. The zero-order valence-corrected chi connectivity index (χ0v) is 13.6. The van der Waals surface area contributed by atoms with E-state index in [1.54, 1.807) is 6.07 Å². The summed E-state index contributed by atoms with van der Waals surface area (Å²) < 4.78 is 28.6. The molecule has 130 valence electrons. The molecule has 1 amide bonds. The van der Waals surface area contributed by atoms with Crippen molar-refractivity contribution < 1.29 is 18.7 Å². The molecule has 1 aromatic heterocycles. The number of carbonyl (C=O) groups excluding carboxylic acids is 1. The number of carbonyl (C=O) groups is 1. The number of nitrogens with zero attached hydrogens (tertiary/aromatic N) is 1.